The van der Waals surface area contributed by atoms with Crippen LogP contribution in [-0.2, 0) is 4.79 Å². The van der Waals surface area contributed by atoms with Gasteiger partial charge in [-0.2, -0.15) is 0 Å². The molecule has 0 saturated heterocycles. The van der Waals surface area contributed by atoms with Gasteiger partial charge in [0.05, 0.1) is 7.11 Å². The van der Waals surface area contributed by atoms with Crippen molar-refractivity contribution in [2.24, 2.45) is 0 Å². The summed E-state index contributed by atoms with van der Waals surface area (Å²) in [5, 5.41) is 0. The fourth-order valence-corrected chi connectivity index (χ4v) is 0.682. The van der Waals surface area contributed by atoms with Gasteiger partial charge in [0, 0.05) is 5.56 Å². The van der Waals surface area contributed by atoms with Gasteiger partial charge in [-0.3, -0.25) is 4.79 Å². The van der Waals surface area contributed by atoms with E-state index in [4.69, 9.17) is 9.53 Å². The first-order valence-electron chi connectivity index (χ1n) is 4.25. The first kappa shape index (κ1) is 14.9. The molecule has 0 saturated carbocycles. The van der Waals surface area contributed by atoms with Gasteiger partial charge in [0.1, 0.15) is 18.8 Å². The SMILES string of the molecule is C=O.CC.COc1ccc(C=O)cc1. The Kier molecular flexibility index (Phi) is 12.1. The number of aldehydes is 1. The number of hydrogen-bond acceptors (Lipinski definition) is 3. The molecule has 0 N–H and O–H groups in total. The fourth-order valence-electron chi connectivity index (χ4n) is 0.682. The molecule has 0 radical (unpaired) electrons. The maximum absolute atomic E-state index is 10.2. The topological polar surface area (TPSA) is 43.4 Å². The first-order valence-corrected chi connectivity index (χ1v) is 4.25. The summed E-state index contributed by atoms with van der Waals surface area (Å²) >= 11 is 0. The molecule has 0 amide bonds. The number of hydrogen-bond donors (Lipinski definition) is 0. The van der Waals surface area contributed by atoms with Crippen molar-refractivity contribution in [2.75, 3.05) is 7.11 Å². The molecule has 0 spiro atoms. The Bertz CT molecular complexity index is 229. The Labute approximate surface area is 84.7 Å². The third kappa shape index (κ3) is 5.94. The van der Waals surface area contributed by atoms with E-state index in [1.54, 1.807) is 31.4 Å². The lowest BCUT2D eigenvalue weighted by atomic mass is 10.2. The highest BCUT2D eigenvalue weighted by molar-refractivity contribution is 5.74. The van der Waals surface area contributed by atoms with Crippen LogP contribution in [0.1, 0.15) is 24.2 Å². The zero-order chi connectivity index (χ0) is 11.4. The van der Waals surface area contributed by atoms with Crippen LogP contribution in [0.3, 0.4) is 0 Å². The first-order chi connectivity index (χ1) is 6.86. The number of rotatable bonds is 2. The van der Waals surface area contributed by atoms with E-state index < -0.39 is 0 Å². The zero-order valence-corrected chi connectivity index (χ0v) is 8.82. The summed E-state index contributed by atoms with van der Waals surface area (Å²) < 4.78 is 4.90. The maximum atomic E-state index is 10.2. The largest absolute Gasteiger partial charge is 0.497 e. The molecule has 1 aromatic rings. The minimum Gasteiger partial charge on any atom is -0.497 e. The van der Waals surface area contributed by atoms with Gasteiger partial charge < -0.3 is 9.53 Å². The van der Waals surface area contributed by atoms with Crippen LogP contribution in [-0.4, -0.2) is 20.2 Å². The van der Waals surface area contributed by atoms with Gasteiger partial charge >= 0.3 is 0 Å². The Morgan fingerprint density at radius 1 is 1.14 bits per heavy atom. The molecule has 0 bridgehead atoms. The second-order valence-electron chi connectivity index (χ2n) is 1.89. The number of methoxy groups -OCH3 is 1. The van der Waals surface area contributed by atoms with Crippen LogP contribution < -0.4 is 4.74 Å². The number of carbonyl (C=O) groups excluding carboxylic acids is 2. The Balaban J connectivity index is 0. The van der Waals surface area contributed by atoms with Gasteiger partial charge in [-0.1, -0.05) is 13.8 Å². The second-order valence-corrected chi connectivity index (χ2v) is 1.89. The summed E-state index contributed by atoms with van der Waals surface area (Å²) in [6.45, 7) is 6.00. The standard InChI is InChI=1S/C8H8O2.C2H6.CH2O/c1-10-8-4-2-7(6-9)3-5-8;2*1-2/h2-6H,1H3;1-2H3;1H2. The molecule has 0 aliphatic heterocycles. The van der Waals surface area contributed by atoms with Gasteiger partial charge in [0.2, 0.25) is 0 Å². The molecule has 0 aliphatic carbocycles. The third-order valence-corrected chi connectivity index (χ3v) is 1.25. The van der Waals surface area contributed by atoms with Gasteiger partial charge in [0.15, 0.2) is 0 Å². The zero-order valence-electron chi connectivity index (χ0n) is 8.82. The van der Waals surface area contributed by atoms with Crippen LogP contribution in [0.2, 0.25) is 0 Å². The highest BCUT2D eigenvalue weighted by Gasteiger charge is 1.89. The van der Waals surface area contributed by atoms with E-state index in [-0.39, 0.29) is 0 Å². The van der Waals surface area contributed by atoms with Crippen LogP contribution in [0.5, 0.6) is 5.75 Å². The molecule has 1 rings (SSSR count). The molecule has 1 aromatic carbocycles. The molecule has 3 heteroatoms. The minimum absolute atomic E-state index is 0.667. The van der Waals surface area contributed by atoms with Crippen LogP contribution >= 0.6 is 0 Å². The summed E-state index contributed by atoms with van der Waals surface area (Å²) in [6, 6.07) is 6.94. The highest BCUT2D eigenvalue weighted by Crippen LogP contribution is 2.09. The molecule has 0 atom stereocenters. The number of carbonyl (C=O) groups is 2. The minimum atomic E-state index is 0.667. The normalized spacial score (nSPS) is 7.07. The van der Waals surface area contributed by atoms with Gasteiger partial charge in [-0.15, -0.1) is 0 Å². The Morgan fingerprint density at radius 2 is 1.57 bits per heavy atom. The van der Waals surface area contributed by atoms with E-state index in [1.807, 2.05) is 20.6 Å². The lowest BCUT2D eigenvalue weighted by molar-refractivity contribution is -0.0979. The second kappa shape index (κ2) is 11.4. The van der Waals surface area contributed by atoms with Crippen LogP contribution in [0.25, 0.3) is 0 Å². The predicted octanol–water partition coefficient (Wildman–Crippen LogP) is 2.35. The number of benzene rings is 1. The van der Waals surface area contributed by atoms with Gasteiger partial charge in [-0.05, 0) is 24.3 Å². The van der Waals surface area contributed by atoms with Crippen LogP contribution in [0.15, 0.2) is 24.3 Å². The van der Waals surface area contributed by atoms with Crippen molar-refractivity contribution in [3.05, 3.63) is 29.8 Å². The van der Waals surface area contributed by atoms with E-state index in [2.05, 4.69) is 0 Å². The van der Waals surface area contributed by atoms with Crippen molar-refractivity contribution in [3.8, 4) is 5.75 Å². The number of ether oxygens (including phenoxy) is 1. The molecule has 0 aromatic heterocycles. The van der Waals surface area contributed by atoms with E-state index in [1.165, 1.54) is 0 Å². The molecule has 14 heavy (non-hydrogen) atoms. The summed E-state index contributed by atoms with van der Waals surface area (Å²) in [6.07, 6.45) is 0.805. The smallest absolute Gasteiger partial charge is 0.150 e. The fraction of sp³-hybridized carbons (Fsp3) is 0.273. The molecule has 0 heterocycles. The monoisotopic (exact) mass is 196 g/mol. The lowest BCUT2D eigenvalue weighted by Gasteiger charge is -1.96. The lowest BCUT2D eigenvalue weighted by Crippen LogP contribution is -1.82. The Morgan fingerprint density at radius 3 is 1.86 bits per heavy atom. The van der Waals surface area contributed by atoms with Crippen molar-refractivity contribution in [2.45, 2.75) is 13.8 Å². The molecule has 3 nitrogen and oxygen atoms in total. The molecule has 0 aliphatic rings. The summed E-state index contributed by atoms with van der Waals surface area (Å²) in [5.74, 6) is 0.769. The van der Waals surface area contributed by atoms with Crippen LogP contribution in [0, 0.1) is 0 Å². The summed E-state index contributed by atoms with van der Waals surface area (Å²) in [4.78, 5) is 18.2. The van der Waals surface area contributed by atoms with E-state index in [0.29, 0.717) is 5.56 Å². The molecule has 0 fully saturated rings. The maximum Gasteiger partial charge on any atom is 0.150 e. The average Bonchev–Trinajstić information content (AvgIpc) is 2.34. The van der Waals surface area contributed by atoms with Gasteiger partial charge in [0.25, 0.3) is 0 Å². The van der Waals surface area contributed by atoms with Crippen LogP contribution in [0.4, 0.5) is 0 Å². The van der Waals surface area contributed by atoms with Crippen molar-refractivity contribution in [1.29, 1.82) is 0 Å². The summed E-state index contributed by atoms with van der Waals surface area (Å²) in [7, 11) is 1.59. The predicted molar refractivity (Wildman–Crippen MR) is 56.9 cm³/mol. The van der Waals surface area contributed by atoms with E-state index in [0.717, 1.165) is 12.0 Å². The molecule has 0 unspecified atom stereocenters. The average molecular weight is 196 g/mol. The Hall–Kier alpha value is -1.64. The molecule has 78 valence electrons. The highest BCUT2D eigenvalue weighted by atomic mass is 16.5. The van der Waals surface area contributed by atoms with Crippen molar-refractivity contribution >= 4 is 13.1 Å². The summed E-state index contributed by atoms with van der Waals surface area (Å²) in [5.41, 5.74) is 0.667. The van der Waals surface area contributed by atoms with Gasteiger partial charge in [-0.25, -0.2) is 0 Å². The molecular formula is C11H16O3. The van der Waals surface area contributed by atoms with E-state index in [9.17, 15) is 4.79 Å². The van der Waals surface area contributed by atoms with E-state index >= 15 is 0 Å². The van der Waals surface area contributed by atoms with Crippen molar-refractivity contribution in [1.82, 2.24) is 0 Å². The van der Waals surface area contributed by atoms with Crippen molar-refractivity contribution < 1.29 is 14.3 Å². The van der Waals surface area contributed by atoms with Crippen molar-refractivity contribution in [3.63, 3.8) is 0 Å². The quantitative estimate of drug-likeness (QED) is 0.682. The third-order valence-electron chi connectivity index (χ3n) is 1.25. The molecular weight excluding hydrogens is 180 g/mol.